The fourth-order valence-electron chi connectivity index (χ4n) is 2.44. The summed E-state index contributed by atoms with van der Waals surface area (Å²) in [6.45, 7) is 4.75. The van der Waals surface area contributed by atoms with Gasteiger partial charge in [0, 0.05) is 44.2 Å². The molecule has 1 aromatic heterocycles. The number of amides is 2. The van der Waals surface area contributed by atoms with Gasteiger partial charge < -0.3 is 19.5 Å². The molecule has 0 aliphatic heterocycles. The molecule has 0 spiro atoms. The summed E-state index contributed by atoms with van der Waals surface area (Å²) in [5.41, 5.74) is 1.09. The number of carbonyl (C=O) groups is 1. The number of aromatic nitrogens is 2. The molecule has 25 heavy (non-hydrogen) atoms. The van der Waals surface area contributed by atoms with Crippen LogP contribution in [-0.4, -0.2) is 47.3 Å². The fourth-order valence-corrected chi connectivity index (χ4v) is 2.65. The SMILES string of the molecule is CCCNC(=O)N(CCOC)Cc1nccn1Cc1cccc(Cl)c1. The van der Waals surface area contributed by atoms with E-state index >= 15 is 0 Å². The molecule has 0 bridgehead atoms. The maximum Gasteiger partial charge on any atom is 0.317 e. The number of halogens is 1. The molecule has 1 heterocycles. The smallest absolute Gasteiger partial charge is 0.317 e. The molecule has 2 rings (SSSR count). The quantitative estimate of drug-likeness (QED) is 0.743. The zero-order valence-electron chi connectivity index (χ0n) is 14.7. The third kappa shape index (κ3) is 6.07. The second-order valence-electron chi connectivity index (χ2n) is 5.75. The van der Waals surface area contributed by atoms with Crippen LogP contribution in [0.1, 0.15) is 24.7 Å². The van der Waals surface area contributed by atoms with Gasteiger partial charge in [-0.15, -0.1) is 0 Å². The van der Waals surface area contributed by atoms with E-state index in [0.717, 1.165) is 17.8 Å². The molecule has 1 aromatic carbocycles. The van der Waals surface area contributed by atoms with E-state index in [9.17, 15) is 4.79 Å². The Morgan fingerprint density at radius 1 is 1.44 bits per heavy atom. The molecule has 1 N–H and O–H groups in total. The number of hydrogen-bond acceptors (Lipinski definition) is 3. The first-order chi connectivity index (χ1) is 12.1. The Balaban J connectivity index is 2.08. The molecule has 7 heteroatoms. The molecule has 2 amide bonds. The molecule has 0 fully saturated rings. The Morgan fingerprint density at radius 2 is 2.28 bits per heavy atom. The Morgan fingerprint density at radius 3 is 3.00 bits per heavy atom. The lowest BCUT2D eigenvalue weighted by Crippen LogP contribution is -2.42. The predicted molar refractivity (Wildman–Crippen MR) is 98.8 cm³/mol. The van der Waals surface area contributed by atoms with E-state index in [1.165, 1.54) is 0 Å². The van der Waals surface area contributed by atoms with Gasteiger partial charge >= 0.3 is 6.03 Å². The lowest BCUT2D eigenvalue weighted by Gasteiger charge is -2.23. The second kappa shape index (κ2) is 10.1. The van der Waals surface area contributed by atoms with E-state index in [4.69, 9.17) is 16.3 Å². The summed E-state index contributed by atoms with van der Waals surface area (Å²) in [6.07, 6.45) is 4.56. The molecule has 0 saturated carbocycles. The number of methoxy groups -OCH3 is 1. The molecule has 0 aliphatic carbocycles. The van der Waals surface area contributed by atoms with Crippen molar-refractivity contribution < 1.29 is 9.53 Å². The van der Waals surface area contributed by atoms with Gasteiger partial charge in [-0.3, -0.25) is 0 Å². The van der Waals surface area contributed by atoms with Gasteiger partial charge in [-0.25, -0.2) is 9.78 Å². The fraction of sp³-hybridized carbons (Fsp3) is 0.444. The summed E-state index contributed by atoms with van der Waals surface area (Å²) in [6, 6.07) is 7.63. The Labute approximate surface area is 153 Å². The molecule has 6 nitrogen and oxygen atoms in total. The summed E-state index contributed by atoms with van der Waals surface area (Å²) >= 11 is 6.06. The number of benzene rings is 1. The lowest BCUT2D eigenvalue weighted by molar-refractivity contribution is 0.145. The Kier molecular flexibility index (Phi) is 7.76. The van der Waals surface area contributed by atoms with Crippen LogP contribution in [0.5, 0.6) is 0 Å². The van der Waals surface area contributed by atoms with Crippen molar-refractivity contribution in [3.63, 3.8) is 0 Å². The normalized spacial score (nSPS) is 10.7. The maximum atomic E-state index is 12.4. The van der Waals surface area contributed by atoms with E-state index < -0.39 is 0 Å². The number of nitrogens with one attached hydrogen (secondary N) is 1. The molecule has 0 radical (unpaired) electrons. The summed E-state index contributed by atoms with van der Waals surface area (Å²) in [4.78, 5) is 18.5. The van der Waals surface area contributed by atoms with Crippen LogP contribution in [0.4, 0.5) is 4.79 Å². The van der Waals surface area contributed by atoms with Crippen LogP contribution < -0.4 is 5.32 Å². The highest BCUT2D eigenvalue weighted by atomic mass is 35.5. The second-order valence-corrected chi connectivity index (χ2v) is 6.18. The van der Waals surface area contributed by atoms with Gasteiger partial charge in [0.05, 0.1) is 13.2 Å². The van der Waals surface area contributed by atoms with Crippen LogP contribution in [0.2, 0.25) is 5.02 Å². The molecule has 0 atom stereocenters. The Bertz CT molecular complexity index is 675. The highest BCUT2D eigenvalue weighted by Crippen LogP contribution is 2.13. The van der Waals surface area contributed by atoms with Gasteiger partial charge in [0.1, 0.15) is 5.82 Å². The van der Waals surface area contributed by atoms with Crippen LogP contribution in [0.25, 0.3) is 0 Å². The predicted octanol–water partition coefficient (Wildman–Crippen LogP) is 3.15. The van der Waals surface area contributed by atoms with E-state index in [2.05, 4.69) is 10.3 Å². The minimum Gasteiger partial charge on any atom is -0.383 e. The van der Waals surface area contributed by atoms with Gasteiger partial charge in [0.15, 0.2) is 0 Å². The van der Waals surface area contributed by atoms with Gasteiger partial charge in [-0.1, -0.05) is 30.7 Å². The largest absolute Gasteiger partial charge is 0.383 e. The molecule has 0 unspecified atom stereocenters. The van der Waals surface area contributed by atoms with Crippen molar-refractivity contribution in [2.75, 3.05) is 26.8 Å². The standard InChI is InChI=1S/C18H25ClN4O2/c1-3-7-21-18(24)23(10-11-25-2)14-17-20-8-9-22(17)13-15-5-4-6-16(19)12-15/h4-6,8-9,12H,3,7,10-11,13-14H2,1-2H3,(H,21,24). The first-order valence-corrected chi connectivity index (χ1v) is 8.78. The third-order valence-corrected chi connectivity index (χ3v) is 3.99. The van der Waals surface area contributed by atoms with Crippen molar-refractivity contribution in [2.24, 2.45) is 0 Å². The van der Waals surface area contributed by atoms with Gasteiger partial charge in [0.25, 0.3) is 0 Å². The minimum absolute atomic E-state index is 0.101. The van der Waals surface area contributed by atoms with Crippen molar-refractivity contribution in [3.8, 4) is 0 Å². The molecule has 0 saturated heterocycles. The number of carbonyl (C=O) groups excluding carboxylic acids is 1. The zero-order chi connectivity index (χ0) is 18.1. The Hall–Kier alpha value is -2.05. The first-order valence-electron chi connectivity index (χ1n) is 8.40. The van der Waals surface area contributed by atoms with Crippen molar-refractivity contribution in [1.29, 1.82) is 0 Å². The van der Waals surface area contributed by atoms with Crippen LogP contribution >= 0.6 is 11.6 Å². The van der Waals surface area contributed by atoms with E-state index in [1.807, 2.05) is 42.0 Å². The highest BCUT2D eigenvalue weighted by Gasteiger charge is 2.16. The van der Waals surface area contributed by atoms with Gasteiger partial charge in [-0.2, -0.15) is 0 Å². The van der Waals surface area contributed by atoms with Gasteiger partial charge in [0.2, 0.25) is 0 Å². The highest BCUT2D eigenvalue weighted by molar-refractivity contribution is 6.30. The van der Waals surface area contributed by atoms with Crippen LogP contribution in [0.15, 0.2) is 36.7 Å². The molecule has 136 valence electrons. The topological polar surface area (TPSA) is 59.4 Å². The summed E-state index contributed by atoms with van der Waals surface area (Å²) in [5.74, 6) is 0.822. The number of urea groups is 1. The minimum atomic E-state index is -0.101. The first kappa shape index (κ1) is 19.3. The number of rotatable bonds is 9. The van der Waals surface area contributed by atoms with Crippen LogP contribution in [-0.2, 0) is 17.8 Å². The average Bonchev–Trinajstić information content (AvgIpc) is 3.03. The monoisotopic (exact) mass is 364 g/mol. The van der Waals surface area contributed by atoms with Crippen LogP contribution in [0.3, 0.4) is 0 Å². The molecular weight excluding hydrogens is 340 g/mol. The van der Waals surface area contributed by atoms with Gasteiger partial charge in [-0.05, 0) is 24.1 Å². The maximum absolute atomic E-state index is 12.4. The van der Waals surface area contributed by atoms with E-state index in [-0.39, 0.29) is 6.03 Å². The van der Waals surface area contributed by atoms with Crippen molar-refractivity contribution in [1.82, 2.24) is 19.8 Å². The summed E-state index contributed by atoms with van der Waals surface area (Å²) in [5, 5.41) is 3.62. The average molecular weight is 365 g/mol. The van der Waals surface area contributed by atoms with Crippen molar-refractivity contribution in [3.05, 3.63) is 53.1 Å². The van der Waals surface area contributed by atoms with E-state index in [0.29, 0.717) is 37.8 Å². The molecular formula is C18H25ClN4O2. The number of ether oxygens (including phenoxy) is 1. The third-order valence-electron chi connectivity index (χ3n) is 3.75. The van der Waals surface area contributed by atoms with Crippen molar-refractivity contribution in [2.45, 2.75) is 26.4 Å². The number of nitrogens with zero attached hydrogens (tertiary/aromatic N) is 3. The lowest BCUT2D eigenvalue weighted by atomic mass is 10.2. The zero-order valence-corrected chi connectivity index (χ0v) is 15.5. The van der Waals surface area contributed by atoms with Crippen molar-refractivity contribution >= 4 is 17.6 Å². The molecule has 0 aliphatic rings. The van der Waals surface area contributed by atoms with Crippen LogP contribution in [0, 0.1) is 0 Å². The number of imidazole rings is 1. The number of hydrogen-bond donors (Lipinski definition) is 1. The summed E-state index contributed by atoms with van der Waals surface area (Å²) < 4.78 is 7.15. The summed E-state index contributed by atoms with van der Waals surface area (Å²) in [7, 11) is 1.63. The molecule has 2 aromatic rings. The van der Waals surface area contributed by atoms with E-state index in [1.54, 1.807) is 18.2 Å².